The molecular formula is C26H24ClN5O4S. The van der Waals surface area contributed by atoms with E-state index in [0.717, 1.165) is 26.6 Å². The molecule has 1 aliphatic heterocycles. The second-order valence-electron chi connectivity index (χ2n) is 8.98. The lowest BCUT2D eigenvalue weighted by molar-refractivity contribution is -0.612. The molecule has 1 amide bonds. The van der Waals surface area contributed by atoms with Crippen LogP contribution in [0.25, 0.3) is 21.9 Å². The molecular weight excluding hydrogens is 514 g/mol. The predicted molar refractivity (Wildman–Crippen MR) is 140 cm³/mol. The van der Waals surface area contributed by atoms with Crippen molar-refractivity contribution in [2.45, 2.75) is 18.7 Å². The number of nitrogens with zero attached hydrogens (tertiary/aromatic N) is 5. The van der Waals surface area contributed by atoms with Gasteiger partial charge in [-0.25, -0.2) is 18.4 Å². The normalized spacial score (nSPS) is 14.7. The van der Waals surface area contributed by atoms with Crippen molar-refractivity contribution in [2.24, 2.45) is 0 Å². The summed E-state index contributed by atoms with van der Waals surface area (Å²) in [6, 6.07) is 12.0. The number of piperazine rings is 1. The Morgan fingerprint density at radius 2 is 1.62 bits per heavy atom. The molecule has 1 saturated heterocycles. The van der Waals surface area contributed by atoms with Gasteiger partial charge in [0.2, 0.25) is 15.8 Å². The van der Waals surface area contributed by atoms with E-state index in [0.29, 0.717) is 16.3 Å². The Hall–Kier alpha value is -3.60. The summed E-state index contributed by atoms with van der Waals surface area (Å²) in [5, 5.41) is 14.0. The third-order valence-corrected chi connectivity index (χ3v) is 8.66. The number of rotatable bonds is 4. The summed E-state index contributed by atoms with van der Waals surface area (Å²) in [6.07, 6.45) is 4.61. The molecule has 0 unspecified atom stereocenters. The zero-order valence-electron chi connectivity index (χ0n) is 20.3. The summed E-state index contributed by atoms with van der Waals surface area (Å²) in [5.74, 6) is -0.318. The summed E-state index contributed by atoms with van der Waals surface area (Å²) < 4.78 is 28.7. The van der Waals surface area contributed by atoms with Crippen LogP contribution in [0.3, 0.4) is 0 Å². The molecule has 9 nitrogen and oxygen atoms in total. The number of fused-ring (bicyclic) bond motifs is 1. The second kappa shape index (κ2) is 9.70. The molecule has 37 heavy (non-hydrogen) atoms. The Morgan fingerprint density at radius 3 is 2.32 bits per heavy atom. The molecule has 4 aromatic rings. The Kier molecular flexibility index (Phi) is 6.57. The van der Waals surface area contributed by atoms with Gasteiger partial charge in [0.1, 0.15) is 0 Å². The van der Waals surface area contributed by atoms with E-state index in [-0.39, 0.29) is 42.8 Å². The molecule has 1 aliphatic rings. The van der Waals surface area contributed by atoms with Crippen molar-refractivity contribution in [1.29, 1.82) is 0 Å². The van der Waals surface area contributed by atoms with Crippen LogP contribution >= 0.6 is 11.6 Å². The molecule has 0 atom stereocenters. The number of hydrogen-bond donors (Lipinski definition) is 0. The highest BCUT2D eigenvalue weighted by Crippen LogP contribution is 2.26. The highest BCUT2D eigenvalue weighted by atomic mass is 35.5. The number of halogens is 1. The predicted octanol–water partition coefficient (Wildman–Crippen LogP) is 3.35. The maximum atomic E-state index is 13.2. The number of carbonyl (C=O) groups is 1. The fraction of sp³-hybridized carbons (Fsp3) is 0.231. The molecule has 1 fully saturated rings. The third kappa shape index (κ3) is 4.87. The van der Waals surface area contributed by atoms with E-state index in [4.69, 9.17) is 11.6 Å². The van der Waals surface area contributed by atoms with Crippen molar-refractivity contribution >= 4 is 38.3 Å². The molecule has 0 radical (unpaired) electrons. The van der Waals surface area contributed by atoms with Gasteiger partial charge in [-0.05, 0) is 47.5 Å². The summed E-state index contributed by atoms with van der Waals surface area (Å²) in [4.78, 5) is 23.2. The average Bonchev–Trinajstić information content (AvgIpc) is 2.90. The summed E-state index contributed by atoms with van der Waals surface area (Å²) in [5.41, 5.74) is 2.84. The zero-order valence-corrected chi connectivity index (χ0v) is 21.8. The first-order chi connectivity index (χ1) is 17.6. The number of aromatic nitrogens is 3. The van der Waals surface area contributed by atoms with Crippen LogP contribution in [0.1, 0.15) is 21.9 Å². The van der Waals surface area contributed by atoms with Gasteiger partial charge >= 0.3 is 0 Å². The number of pyridine rings is 1. The highest BCUT2D eigenvalue weighted by molar-refractivity contribution is 7.89. The van der Waals surface area contributed by atoms with E-state index in [1.165, 1.54) is 10.5 Å². The molecule has 2 aromatic heterocycles. The van der Waals surface area contributed by atoms with Crippen LogP contribution < -0.4 is 4.73 Å². The van der Waals surface area contributed by atoms with E-state index in [1.54, 1.807) is 66.7 Å². The number of sulfonamides is 1. The first-order valence-corrected chi connectivity index (χ1v) is 13.5. The van der Waals surface area contributed by atoms with Gasteiger partial charge in [0, 0.05) is 67.7 Å². The van der Waals surface area contributed by atoms with Crippen molar-refractivity contribution in [3.8, 4) is 11.1 Å². The van der Waals surface area contributed by atoms with Crippen LogP contribution in [-0.2, 0) is 10.0 Å². The van der Waals surface area contributed by atoms with Gasteiger partial charge in [-0.3, -0.25) is 4.79 Å². The molecule has 0 spiro atoms. The average molecular weight is 538 g/mol. The number of benzene rings is 2. The van der Waals surface area contributed by atoms with Crippen molar-refractivity contribution in [3.63, 3.8) is 0 Å². The molecule has 0 bridgehead atoms. The summed E-state index contributed by atoms with van der Waals surface area (Å²) in [6.45, 7) is 4.33. The van der Waals surface area contributed by atoms with Crippen LogP contribution in [0.5, 0.6) is 0 Å². The SMILES string of the molecule is Cc1c[n+]([O-])c(C)cc1-c1cnc(C(=O)N2CCN(S(=O)(=O)c3ccc4cc(Cl)ccc4c3)CC2)nc1. The van der Waals surface area contributed by atoms with Crippen molar-refractivity contribution in [1.82, 2.24) is 19.2 Å². The van der Waals surface area contributed by atoms with Crippen LogP contribution in [0.15, 0.2) is 66.0 Å². The molecule has 2 aromatic carbocycles. The molecule has 5 rings (SSSR count). The molecule has 0 saturated carbocycles. The fourth-order valence-electron chi connectivity index (χ4n) is 4.40. The number of amides is 1. The highest BCUT2D eigenvalue weighted by Gasteiger charge is 2.31. The third-order valence-electron chi connectivity index (χ3n) is 6.53. The van der Waals surface area contributed by atoms with Gasteiger partial charge in [0.15, 0.2) is 11.9 Å². The Labute approximate surface area is 219 Å². The van der Waals surface area contributed by atoms with E-state index < -0.39 is 10.0 Å². The standard InChI is InChI=1S/C26H24ClN5O4S/c1-17-16-32(34)18(2)11-24(17)21-14-28-25(29-15-21)26(33)30-7-9-31(10-8-30)37(35,36)23-6-4-19-12-22(27)5-3-20(19)13-23/h3-6,11-16H,7-10H2,1-2H3. The van der Waals surface area contributed by atoms with E-state index in [1.807, 2.05) is 6.92 Å². The van der Waals surface area contributed by atoms with E-state index >= 15 is 0 Å². The maximum Gasteiger partial charge on any atom is 0.291 e. The number of carbonyl (C=O) groups excluding carboxylic acids is 1. The van der Waals surface area contributed by atoms with Gasteiger partial charge in [0.05, 0.1) is 4.90 Å². The van der Waals surface area contributed by atoms with Crippen molar-refractivity contribution in [3.05, 3.63) is 88.4 Å². The lowest BCUT2D eigenvalue weighted by Gasteiger charge is -2.33. The maximum absolute atomic E-state index is 13.2. The van der Waals surface area contributed by atoms with Gasteiger partial charge in [-0.2, -0.15) is 9.04 Å². The van der Waals surface area contributed by atoms with E-state index in [2.05, 4.69) is 9.97 Å². The van der Waals surface area contributed by atoms with Crippen LogP contribution in [0.2, 0.25) is 5.02 Å². The number of aryl methyl sites for hydroxylation is 2. The fourth-order valence-corrected chi connectivity index (χ4v) is 6.04. The van der Waals surface area contributed by atoms with Gasteiger partial charge < -0.3 is 10.1 Å². The van der Waals surface area contributed by atoms with Gasteiger partial charge in [-0.15, -0.1) is 0 Å². The lowest BCUT2D eigenvalue weighted by Crippen LogP contribution is -2.50. The minimum Gasteiger partial charge on any atom is -0.619 e. The first kappa shape index (κ1) is 25.1. The number of hydrogen-bond acceptors (Lipinski definition) is 6. The smallest absolute Gasteiger partial charge is 0.291 e. The zero-order chi connectivity index (χ0) is 26.3. The quantitative estimate of drug-likeness (QED) is 0.291. The lowest BCUT2D eigenvalue weighted by atomic mass is 10.0. The summed E-state index contributed by atoms with van der Waals surface area (Å²) in [7, 11) is -3.72. The van der Waals surface area contributed by atoms with Crippen molar-refractivity contribution < 1.29 is 17.9 Å². The van der Waals surface area contributed by atoms with Gasteiger partial charge in [0.25, 0.3) is 5.91 Å². The molecule has 11 heteroatoms. The Bertz CT molecular complexity index is 1620. The molecule has 0 N–H and O–H groups in total. The minimum absolute atomic E-state index is 0.0393. The van der Waals surface area contributed by atoms with Crippen LogP contribution in [0.4, 0.5) is 0 Å². The minimum atomic E-state index is -3.72. The topological polar surface area (TPSA) is 110 Å². The van der Waals surface area contributed by atoms with E-state index in [9.17, 15) is 18.4 Å². The van der Waals surface area contributed by atoms with Crippen LogP contribution in [0, 0.1) is 19.1 Å². The summed E-state index contributed by atoms with van der Waals surface area (Å²) >= 11 is 6.03. The monoisotopic (exact) mass is 537 g/mol. The molecule has 190 valence electrons. The van der Waals surface area contributed by atoms with Crippen molar-refractivity contribution in [2.75, 3.05) is 26.2 Å². The second-order valence-corrected chi connectivity index (χ2v) is 11.4. The largest absolute Gasteiger partial charge is 0.619 e. The molecule has 3 heterocycles. The first-order valence-electron chi connectivity index (χ1n) is 11.6. The van der Waals surface area contributed by atoms with Gasteiger partial charge in [-0.1, -0.05) is 23.7 Å². The molecule has 0 aliphatic carbocycles. The van der Waals surface area contributed by atoms with Crippen LogP contribution in [-0.4, -0.2) is 59.7 Å². The Balaban J connectivity index is 1.27. The Morgan fingerprint density at radius 1 is 0.973 bits per heavy atom.